The van der Waals surface area contributed by atoms with Crippen LogP contribution in [0.4, 0.5) is 0 Å². The fourth-order valence-corrected chi connectivity index (χ4v) is 2.86. The van der Waals surface area contributed by atoms with Crippen LogP contribution in [0.2, 0.25) is 0 Å². The third kappa shape index (κ3) is 1.68. The van der Waals surface area contributed by atoms with Crippen LogP contribution in [0.1, 0.15) is 12.8 Å². The number of nitrogens with zero attached hydrogens (tertiary/aromatic N) is 1. The Bertz CT molecular complexity index is 490. The topological polar surface area (TPSA) is 48.1 Å². The second kappa shape index (κ2) is 4.03. The molecule has 1 aliphatic rings. The van der Waals surface area contributed by atoms with Crippen molar-refractivity contribution in [3.63, 3.8) is 0 Å². The van der Waals surface area contributed by atoms with Crippen LogP contribution in [-0.4, -0.2) is 17.0 Å². The van der Waals surface area contributed by atoms with E-state index in [-0.39, 0.29) is 0 Å². The molecule has 0 bridgehead atoms. The number of hydrogen-bond acceptors (Lipinski definition) is 4. The summed E-state index contributed by atoms with van der Waals surface area (Å²) in [5.74, 6) is 0.657. The summed E-state index contributed by atoms with van der Waals surface area (Å²) in [5, 5.41) is 2.08. The monoisotopic (exact) mass is 234 g/mol. The highest BCUT2D eigenvalue weighted by molar-refractivity contribution is 7.09. The van der Waals surface area contributed by atoms with Gasteiger partial charge in [0.1, 0.15) is 6.10 Å². The molecule has 1 aliphatic carbocycles. The third-order valence-corrected chi connectivity index (χ3v) is 3.92. The second-order valence-electron chi connectivity index (χ2n) is 4.30. The van der Waals surface area contributed by atoms with Crippen LogP contribution in [0.15, 0.2) is 24.3 Å². The molecule has 0 aliphatic heterocycles. The van der Waals surface area contributed by atoms with Gasteiger partial charge < -0.3 is 10.5 Å². The van der Waals surface area contributed by atoms with E-state index in [0.717, 1.165) is 35.4 Å². The zero-order valence-corrected chi connectivity index (χ0v) is 9.74. The highest BCUT2D eigenvalue weighted by Gasteiger charge is 2.30. The van der Waals surface area contributed by atoms with E-state index in [0.29, 0.717) is 12.0 Å². The summed E-state index contributed by atoms with van der Waals surface area (Å²) in [6, 6.07) is 8.10. The highest BCUT2D eigenvalue weighted by Crippen LogP contribution is 2.36. The predicted molar refractivity (Wildman–Crippen MR) is 65.8 cm³/mol. The van der Waals surface area contributed by atoms with Crippen molar-refractivity contribution in [1.82, 2.24) is 4.37 Å². The van der Waals surface area contributed by atoms with E-state index < -0.39 is 0 Å². The number of ether oxygens (including phenoxy) is 1. The van der Waals surface area contributed by atoms with Gasteiger partial charge in [0.2, 0.25) is 5.06 Å². The summed E-state index contributed by atoms with van der Waals surface area (Å²) in [6.45, 7) is 0.781. The molecule has 1 aromatic heterocycles. The van der Waals surface area contributed by atoms with Gasteiger partial charge in [0, 0.05) is 11.5 Å². The molecular formula is C12H14N2OS. The van der Waals surface area contributed by atoms with Crippen LogP contribution >= 0.6 is 11.5 Å². The van der Waals surface area contributed by atoms with E-state index in [2.05, 4.69) is 10.4 Å². The first-order valence-corrected chi connectivity index (χ1v) is 6.35. The van der Waals surface area contributed by atoms with Gasteiger partial charge in [-0.05, 0) is 37.4 Å². The summed E-state index contributed by atoms with van der Waals surface area (Å²) >= 11 is 1.45. The maximum absolute atomic E-state index is 5.94. The lowest BCUT2D eigenvalue weighted by molar-refractivity contribution is 0.0737. The van der Waals surface area contributed by atoms with Gasteiger partial charge in [0.25, 0.3) is 0 Å². The molecule has 3 nitrogen and oxygen atoms in total. The Morgan fingerprint density at radius 3 is 3.00 bits per heavy atom. The predicted octanol–water partition coefficient (Wildman–Crippen LogP) is 2.41. The van der Waals surface area contributed by atoms with Crippen LogP contribution in [-0.2, 0) is 0 Å². The molecule has 16 heavy (non-hydrogen) atoms. The molecule has 0 spiro atoms. The van der Waals surface area contributed by atoms with Crippen molar-refractivity contribution in [2.75, 3.05) is 6.54 Å². The van der Waals surface area contributed by atoms with E-state index >= 15 is 0 Å². The molecule has 0 radical (unpaired) electrons. The lowest BCUT2D eigenvalue weighted by Crippen LogP contribution is -2.37. The minimum absolute atomic E-state index is 0.345. The molecule has 2 aromatic rings. The smallest absolute Gasteiger partial charge is 0.201 e. The normalized spacial score (nSPS) is 24.3. The van der Waals surface area contributed by atoms with Gasteiger partial charge in [-0.2, -0.15) is 4.37 Å². The van der Waals surface area contributed by atoms with E-state index in [1.165, 1.54) is 11.5 Å². The number of aromatic nitrogens is 1. The molecule has 1 aromatic carbocycles. The van der Waals surface area contributed by atoms with Gasteiger partial charge in [-0.15, -0.1) is 0 Å². The van der Waals surface area contributed by atoms with Crippen molar-refractivity contribution in [2.24, 2.45) is 11.7 Å². The summed E-state index contributed by atoms with van der Waals surface area (Å²) in [4.78, 5) is 0. The van der Waals surface area contributed by atoms with Gasteiger partial charge in [-0.1, -0.05) is 12.1 Å². The van der Waals surface area contributed by atoms with E-state index in [4.69, 9.17) is 10.5 Å². The van der Waals surface area contributed by atoms with E-state index in [1.54, 1.807) is 0 Å². The molecule has 3 rings (SSSR count). The van der Waals surface area contributed by atoms with Crippen LogP contribution in [0.5, 0.6) is 5.06 Å². The molecule has 84 valence electrons. The zero-order chi connectivity index (χ0) is 11.0. The fraction of sp³-hybridized carbons (Fsp3) is 0.417. The largest absolute Gasteiger partial charge is 0.479 e. The van der Waals surface area contributed by atoms with Crippen LogP contribution in [0.25, 0.3) is 10.9 Å². The summed E-state index contributed by atoms with van der Waals surface area (Å²) in [6.07, 6.45) is 2.52. The number of benzene rings is 1. The average molecular weight is 234 g/mol. The first-order valence-electron chi connectivity index (χ1n) is 5.58. The molecule has 4 heteroatoms. The van der Waals surface area contributed by atoms with Crippen LogP contribution < -0.4 is 10.5 Å². The average Bonchev–Trinajstić information content (AvgIpc) is 2.66. The minimum Gasteiger partial charge on any atom is -0.479 e. The van der Waals surface area contributed by atoms with E-state index in [9.17, 15) is 0 Å². The molecular weight excluding hydrogens is 220 g/mol. The van der Waals surface area contributed by atoms with Gasteiger partial charge in [0.05, 0.1) is 10.9 Å². The Morgan fingerprint density at radius 2 is 2.19 bits per heavy atom. The Hall–Kier alpha value is -1.13. The molecule has 0 amide bonds. The second-order valence-corrected chi connectivity index (χ2v) is 5.04. The molecule has 1 heterocycles. The van der Waals surface area contributed by atoms with Gasteiger partial charge >= 0.3 is 0 Å². The quantitative estimate of drug-likeness (QED) is 0.887. The van der Waals surface area contributed by atoms with Crippen molar-refractivity contribution in [3.05, 3.63) is 24.3 Å². The third-order valence-electron chi connectivity index (χ3n) is 3.15. The Balaban J connectivity index is 1.75. The van der Waals surface area contributed by atoms with Crippen molar-refractivity contribution in [1.29, 1.82) is 0 Å². The number of fused-ring (bicyclic) bond motifs is 1. The molecule has 0 unspecified atom stereocenters. The van der Waals surface area contributed by atoms with Crippen molar-refractivity contribution < 1.29 is 4.74 Å². The van der Waals surface area contributed by atoms with Crippen LogP contribution in [0.3, 0.4) is 0 Å². The summed E-state index contributed by atoms with van der Waals surface area (Å²) in [7, 11) is 0. The zero-order valence-electron chi connectivity index (χ0n) is 8.93. The van der Waals surface area contributed by atoms with Crippen molar-refractivity contribution in [3.8, 4) is 5.06 Å². The van der Waals surface area contributed by atoms with Crippen molar-refractivity contribution in [2.45, 2.75) is 18.9 Å². The Labute approximate surface area is 98.4 Å². The van der Waals surface area contributed by atoms with Crippen molar-refractivity contribution >= 4 is 22.4 Å². The highest BCUT2D eigenvalue weighted by atomic mass is 32.1. The molecule has 2 N–H and O–H groups in total. The Kier molecular flexibility index (Phi) is 2.53. The van der Waals surface area contributed by atoms with Crippen LogP contribution in [0, 0.1) is 5.92 Å². The maximum Gasteiger partial charge on any atom is 0.201 e. The van der Waals surface area contributed by atoms with Gasteiger partial charge in [0.15, 0.2) is 0 Å². The fourth-order valence-electron chi connectivity index (χ4n) is 2.07. The van der Waals surface area contributed by atoms with Gasteiger partial charge in [-0.3, -0.25) is 0 Å². The molecule has 0 atom stereocenters. The molecule has 1 fully saturated rings. The lowest BCUT2D eigenvalue weighted by Gasteiger charge is -2.33. The number of rotatable bonds is 3. The summed E-state index contributed by atoms with van der Waals surface area (Å²) in [5.41, 5.74) is 6.62. The summed E-state index contributed by atoms with van der Waals surface area (Å²) < 4.78 is 10.3. The number of nitrogens with two attached hydrogens (primary N) is 1. The SMILES string of the molecule is NCC1CC(Oc2snc3ccccc23)C1. The first kappa shape index (κ1) is 10.1. The standard InChI is InChI=1S/C12H14N2OS/c13-7-8-5-9(6-8)15-12-10-3-1-2-4-11(10)14-16-12/h1-4,8-9H,5-7,13H2. The minimum atomic E-state index is 0.345. The van der Waals surface area contributed by atoms with Gasteiger partial charge in [-0.25, -0.2) is 0 Å². The molecule has 1 saturated carbocycles. The number of hydrogen-bond donors (Lipinski definition) is 1. The van der Waals surface area contributed by atoms with E-state index in [1.807, 2.05) is 18.2 Å². The lowest BCUT2D eigenvalue weighted by atomic mass is 9.82. The molecule has 0 saturated heterocycles. The first-order chi connectivity index (χ1) is 7.86. The maximum atomic E-state index is 5.94. The Morgan fingerprint density at radius 1 is 1.38 bits per heavy atom.